The van der Waals surface area contributed by atoms with Crippen LogP contribution in [-0.4, -0.2) is 18.0 Å². The van der Waals surface area contributed by atoms with Crippen molar-refractivity contribution in [1.29, 1.82) is 5.26 Å². The van der Waals surface area contributed by atoms with Crippen molar-refractivity contribution >= 4 is 44.1 Å². The molecule has 2 rings (SSSR count). The number of thiophene rings is 1. The van der Waals surface area contributed by atoms with Crippen LogP contribution in [0.25, 0.3) is 0 Å². The van der Waals surface area contributed by atoms with Crippen LogP contribution in [0.5, 0.6) is 0 Å². The summed E-state index contributed by atoms with van der Waals surface area (Å²) in [5, 5.41) is 13.6. The maximum absolute atomic E-state index is 12.0. The van der Waals surface area contributed by atoms with Gasteiger partial charge in [0.1, 0.15) is 11.1 Å². The van der Waals surface area contributed by atoms with Gasteiger partial charge in [0.2, 0.25) is 0 Å². The number of nitriles is 1. The van der Waals surface area contributed by atoms with E-state index in [1.54, 1.807) is 35.7 Å². The first kappa shape index (κ1) is 16.2. The molecule has 7 heteroatoms. The lowest BCUT2D eigenvalue weighted by Crippen LogP contribution is -2.30. The van der Waals surface area contributed by atoms with Crippen molar-refractivity contribution < 1.29 is 14.3 Å². The first-order chi connectivity index (χ1) is 10.5. The van der Waals surface area contributed by atoms with E-state index in [1.165, 1.54) is 18.3 Å². The maximum Gasteiger partial charge on any atom is 0.340 e. The third kappa shape index (κ3) is 3.72. The molecule has 22 heavy (non-hydrogen) atoms. The van der Waals surface area contributed by atoms with Crippen LogP contribution in [0, 0.1) is 11.3 Å². The van der Waals surface area contributed by atoms with Crippen LogP contribution in [0.15, 0.2) is 40.2 Å². The number of hydrogen-bond donors (Lipinski definition) is 1. The number of rotatable bonds is 4. The minimum absolute atomic E-state index is 0.344. The summed E-state index contributed by atoms with van der Waals surface area (Å²) in [6.07, 6.45) is -0.978. The summed E-state index contributed by atoms with van der Waals surface area (Å²) in [6.45, 7) is 1.48. The molecule has 5 nitrogen and oxygen atoms in total. The highest BCUT2D eigenvalue weighted by Crippen LogP contribution is 2.23. The average Bonchev–Trinajstić information content (AvgIpc) is 2.94. The summed E-state index contributed by atoms with van der Waals surface area (Å²) >= 11 is 4.49. The molecule has 0 aliphatic rings. The zero-order valence-electron chi connectivity index (χ0n) is 11.5. The Morgan fingerprint density at radius 1 is 1.36 bits per heavy atom. The van der Waals surface area contributed by atoms with Crippen molar-refractivity contribution in [3.63, 3.8) is 0 Å². The highest BCUT2D eigenvalue weighted by Gasteiger charge is 2.21. The van der Waals surface area contributed by atoms with E-state index in [-0.39, 0.29) is 0 Å². The van der Waals surface area contributed by atoms with Crippen molar-refractivity contribution in [2.75, 3.05) is 5.32 Å². The molecule has 1 N–H and O–H groups in total. The van der Waals surface area contributed by atoms with Gasteiger partial charge < -0.3 is 10.1 Å². The van der Waals surface area contributed by atoms with Crippen molar-refractivity contribution in [3.05, 3.63) is 51.3 Å². The Balaban J connectivity index is 2.02. The fraction of sp³-hybridized carbons (Fsp3) is 0.133. The van der Waals surface area contributed by atoms with Crippen LogP contribution >= 0.6 is 27.3 Å². The van der Waals surface area contributed by atoms with Gasteiger partial charge in [-0.15, -0.1) is 11.3 Å². The molecule has 1 aromatic heterocycles. The number of carbonyl (C=O) groups is 2. The van der Waals surface area contributed by atoms with Gasteiger partial charge in [-0.25, -0.2) is 4.79 Å². The predicted octanol–water partition coefficient (Wildman–Crippen LogP) is 3.57. The van der Waals surface area contributed by atoms with E-state index in [2.05, 4.69) is 21.2 Å². The number of anilines is 1. The Bertz CT molecular complexity index is 751. The highest BCUT2D eigenvalue weighted by molar-refractivity contribution is 9.10. The van der Waals surface area contributed by atoms with Gasteiger partial charge in [-0.1, -0.05) is 12.1 Å². The first-order valence-corrected chi connectivity index (χ1v) is 7.94. The molecule has 0 radical (unpaired) electrons. The molecule has 0 bridgehead atoms. The standard InChI is InChI=1S/C15H11BrN2O3S/c1-9(13(19)18-14-10(8-17)6-7-22-14)21-15(20)11-4-2-3-5-12(11)16/h2-7,9H,1H3,(H,18,19). The van der Waals surface area contributed by atoms with Gasteiger partial charge in [0.05, 0.1) is 11.1 Å². The van der Waals surface area contributed by atoms with E-state index in [0.29, 0.717) is 20.6 Å². The summed E-state index contributed by atoms with van der Waals surface area (Å²) in [5.41, 5.74) is 0.721. The van der Waals surface area contributed by atoms with Crippen LogP contribution in [0.3, 0.4) is 0 Å². The first-order valence-electron chi connectivity index (χ1n) is 6.27. The monoisotopic (exact) mass is 378 g/mol. The van der Waals surface area contributed by atoms with Crippen molar-refractivity contribution in [1.82, 2.24) is 0 Å². The molecule has 1 unspecified atom stereocenters. The Hall–Kier alpha value is -2.17. The number of benzene rings is 1. The van der Waals surface area contributed by atoms with E-state index in [9.17, 15) is 9.59 Å². The van der Waals surface area contributed by atoms with Gasteiger partial charge in [-0.2, -0.15) is 5.26 Å². The lowest BCUT2D eigenvalue weighted by atomic mass is 10.2. The number of nitrogens with zero attached hydrogens (tertiary/aromatic N) is 1. The smallest absolute Gasteiger partial charge is 0.340 e. The topological polar surface area (TPSA) is 79.2 Å². The molecule has 1 atom stereocenters. The second-order valence-electron chi connectivity index (χ2n) is 4.29. The lowest BCUT2D eigenvalue weighted by Gasteiger charge is -2.13. The van der Waals surface area contributed by atoms with Crippen LogP contribution in [0.2, 0.25) is 0 Å². The molecule has 0 aliphatic heterocycles. The fourth-order valence-corrected chi connectivity index (χ4v) is 2.80. The molecule has 0 aliphatic carbocycles. The van der Waals surface area contributed by atoms with Gasteiger partial charge in [0.25, 0.3) is 5.91 Å². The minimum atomic E-state index is -0.978. The maximum atomic E-state index is 12.0. The minimum Gasteiger partial charge on any atom is -0.449 e. The van der Waals surface area contributed by atoms with Crippen LogP contribution in [-0.2, 0) is 9.53 Å². The number of hydrogen-bond acceptors (Lipinski definition) is 5. The van der Waals surface area contributed by atoms with Gasteiger partial charge in [-0.05, 0) is 46.4 Å². The quantitative estimate of drug-likeness (QED) is 0.824. The molecule has 0 fully saturated rings. The van der Waals surface area contributed by atoms with Gasteiger partial charge in [0, 0.05) is 4.47 Å². The molecule has 0 saturated carbocycles. The number of ether oxygens (including phenoxy) is 1. The summed E-state index contributed by atoms with van der Waals surface area (Å²) in [6, 6.07) is 10.4. The van der Waals surface area contributed by atoms with Gasteiger partial charge >= 0.3 is 5.97 Å². The van der Waals surface area contributed by atoms with E-state index >= 15 is 0 Å². The SMILES string of the molecule is CC(OC(=O)c1ccccc1Br)C(=O)Nc1sccc1C#N. The predicted molar refractivity (Wildman–Crippen MR) is 86.7 cm³/mol. The van der Waals surface area contributed by atoms with Crippen LogP contribution in [0.4, 0.5) is 5.00 Å². The fourth-order valence-electron chi connectivity index (χ4n) is 1.61. The van der Waals surface area contributed by atoms with E-state index in [1.807, 2.05) is 6.07 Å². The Morgan fingerprint density at radius 3 is 2.77 bits per heavy atom. The average molecular weight is 379 g/mol. The Morgan fingerprint density at radius 2 is 2.09 bits per heavy atom. The Labute approximate surface area is 139 Å². The lowest BCUT2D eigenvalue weighted by molar-refractivity contribution is -0.123. The second kappa shape index (κ2) is 7.20. The molecular formula is C15H11BrN2O3S. The van der Waals surface area contributed by atoms with Gasteiger partial charge in [-0.3, -0.25) is 4.79 Å². The summed E-state index contributed by atoms with van der Waals surface area (Å²) in [4.78, 5) is 24.1. The van der Waals surface area contributed by atoms with E-state index < -0.39 is 18.0 Å². The molecule has 1 amide bonds. The molecule has 0 saturated heterocycles. The van der Waals surface area contributed by atoms with E-state index in [4.69, 9.17) is 10.00 Å². The zero-order chi connectivity index (χ0) is 16.1. The normalized spacial score (nSPS) is 11.3. The molecular weight excluding hydrogens is 368 g/mol. The third-order valence-corrected chi connectivity index (χ3v) is 4.29. The molecule has 1 aromatic carbocycles. The highest BCUT2D eigenvalue weighted by atomic mass is 79.9. The van der Waals surface area contributed by atoms with Crippen LogP contribution < -0.4 is 5.32 Å². The number of carbonyl (C=O) groups excluding carboxylic acids is 2. The number of amides is 1. The Kier molecular flexibility index (Phi) is 5.31. The van der Waals surface area contributed by atoms with Crippen molar-refractivity contribution in [2.45, 2.75) is 13.0 Å². The van der Waals surface area contributed by atoms with E-state index in [0.717, 1.165) is 0 Å². The van der Waals surface area contributed by atoms with Crippen molar-refractivity contribution in [2.24, 2.45) is 0 Å². The molecule has 2 aromatic rings. The number of halogens is 1. The van der Waals surface area contributed by atoms with Gasteiger partial charge in [0.15, 0.2) is 6.10 Å². The summed E-state index contributed by atoms with van der Waals surface area (Å²) in [5.74, 6) is -1.08. The largest absolute Gasteiger partial charge is 0.449 e. The zero-order valence-corrected chi connectivity index (χ0v) is 13.9. The second-order valence-corrected chi connectivity index (χ2v) is 6.06. The molecule has 112 valence electrons. The molecule has 1 heterocycles. The van der Waals surface area contributed by atoms with Crippen molar-refractivity contribution in [3.8, 4) is 6.07 Å². The summed E-state index contributed by atoms with van der Waals surface area (Å²) in [7, 11) is 0. The number of nitrogens with one attached hydrogen (secondary N) is 1. The number of esters is 1. The van der Waals surface area contributed by atoms with Crippen LogP contribution in [0.1, 0.15) is 22.8 Å². The summed E-state index contributed by atoms with van der Waals surface area (Å²) < 4.78 is 5.74. The molecule has 0 spiro atoms. The third-order valence-electron chi connectivity index (χ3n) is 2.77.